The van der Waals surface area contributed by atoms with Crippen molar-refractivity contribution in [3.63, 3.8) is 0 Å². The SMILES string of the molecule is CCCCCCCCN1CCNCC1C(=O)NCCCCCC. The highest BCUT2D eigenvalue weighted by Gasteiger charge is 2.27. The average molecular weight is 326 g/mol. The molecule has 0 aromatic heterocycles. The molecule has 1 heterocycles. The lowest BCUT2D eigenvalue weighted by Crippen LogP contribution is -2.58. The van der Waals surface area contributed by atoms with E-state index >= 15 is 0 Å². The largest absolute Gasteiger partial charge is 0.355 e. The van der Waals surface area contributed by atoms with Crippen LogP contribution in [-0.4, -0.2) is 49.6 Å². The number of carbonyl (C=O) groups excluding carboxylic acids is 1. The lowest BCUT2D eigenvalue weighted by molar-refractivity contribution is -0.127. The number of unbranched alkanes of at least 4 members (excludes halogenated alkanes) is 8. The molecule has 4 nitrogen and oxygen atoms in total. The first-order valence-corrected chi connectivity index (χ1v) is 10.0. The Morgan fingerprint density at radius 3 is 2.39 bits per heavy atom. The minimum atomic E-state index is 0.0329. The first-order chi connectivity index (χ1) is 11.3. The fourth-order valence-electron chi connectivity index (χ4n) is 3.25. The Labute approximate surface area is 143 Å². The van der Waals surface area contributed by atoms with E-state index in [1.54, 1.807) is 0 Å². The Morgan fingerprint density at radius 2 is 1.65 bits per heavy atom. The summed E-state index contributed by atoms with van der Waals surface area (Å²) in [5.41, 5.74) is 0. The molecule has 1 aliphatic rings. The molecule has 1 fully saturated rings. The van der Waals surface area contributed by atoms with Crippen LogP contribution < -0.4 is 10.6 Å². The van der Waals surface area contributed by atoms with Gasteiger partial charge in [-0.1, -0.05) is 65.2 Å². The summed E-state index contributed by atoms with van der Waals surface area (Å²) >= 11 is 0. The van der Waals surface area contributed by atoms with Crippen molar-refractivity contribution >= 4 is 5.91 Å². The minimum Gasteiger partial charge on any atom is -0.355 e. The van der Waals surface area contributed by atoms with Crippen molar-refractivity contribution in [2.24, 2.45) is 0 Å². The van der Waals surface area contributed by atoms with Crippen LogP contribution in [0.5, 0.6) is 0 Å². The average Bonchev–Trinajstić information content (AvgIpc) is 2.58. The maximum atomic E-state index is 12.4. The third-order valence-electron chi connectivity index (χ3n) is 4.79. The summed E-state index contributed by atoms with van der Waals surface area (Å²) in [7, 11) is 0. The number of carbonyl (C=O) groups is 1. The quantitative estimate of drug-likeness (QED) is 0.511. The maximum absolute atomic E-state index is 12.4. The van der Waals surface area contributed by atoms with Crippen LogP contribution in [0.25, 0.3) is 0 Å². The third-order valence-corrected chi connectivity index (χ3v) is 4.79. The van der Waals surface area contributed by atoms with Crippen LogP contribution in [0.4, 0.5) is 0 Å². The zero-order valence-electron chi connectivity index (χ0n) is 15.5. The molecule has 1 atom stereocenters. The molecule has 0 spiro atoms. The summed E-state index contributed by atoms with van der Waals surface area (Å²) in [6.45, 7) is 9.19. The van der Waals surface area contributed by atoms with Gasteiger partial charge in [-0.05, 0) is 19.4 Å². The van der Waals surface area contributed by atoms with Gasteiger partial charge in [0.2, 0.25) is 5.91 Å². The minimum absolute atomic E-state index is 0.0329. The number of hydrogen-bond acceptors (Lipinski definition) is 3. The lowest BCUT2D eigenvalue weighted by Gasteiger charge is -2.35. The van der Waals surface area contributed by atoms with Gasteiger partial charge in [0.15, 0.2) is 0 Å². The van der Waals surface area contributed by atoms with Gasteiger partial charge in [-0.25, -0.2) is 0 Å². The molecular formula is C19H39N3O. The second-order valence-corrected chi connectivity index (χ2v) is 6.88. The van der Waals surface area contributed by atoms with Crippen LogP contribution in [0, 0.1) is 0 Å². The van der Waals surface area contributed by atoms with Crippen molar-refractivity contribution < 1.29 is 4.79 Å². The Morgan fingerprint density at radius 1 is 1.00 bits per heavy atom. The van der Waals surface area contributed by atoms with Gasteiger partial charge >= 0.3 is 0 Å². The molecule has 136 valence electrons. The van der Waals surface area contributed by atoms with E-state index in [2.05, 4.69) is 29.4 Å². The fourth-order valence-corrected chi connectivity index (χ4v) is 3.25. The molecule has 0 bridgehead atoms. The van der Waals surface area contributed by atoms with Gasteiger partial charge in [0, 0.05) is 26.2 Å². The summed E-state index contributed by atoms with van der Waals surface area (Å²) in [4.78, 5) is 14.8. The monoisotopic (exact) mass is 325 g/mol. The summed E-state index contributed by atoms with van der Waals surface area (Å²) in [5, 5.41) is 6.51. The molecule has 1 unspecified atom stereocenters. The van der Waals surface area contributed by atoms with E-state index in [4.69, 9.17) is 0 Å². The highest BCUT2D eigenvalue weighted by Crippen LogP contribution is 2.09. The van der Waals surface area contributed by atoms with Crippen molar-refractivity contribution in [1.82, 2.24) is 15.5 Å². The first kappa shape index (κ1) is 20.4. The second kappa shape index (κ2) is 13.8. The summed E-state index contributed by atoms with van der Waals surface area (Å²) in [6, 6.07) is 0.0329. The molecule has 0 radical (unpaired) electrons. The van der Waals surface area contributed by atoms with Gasteiger partial charge in [0.05, 0.1) is 0 Å². The van der Waals surface area contributed by atoms with E-state index in [-0.39, 0.29) is 11.9 Å². The molecule has 0 saturated carbocycles. The number of amides is 1. The number of nitrogens with one attached hydrogen (secondary N) is 2. The summed E-state index contributed by atoms with van der Waals surface area (Å²) in [5.74, 6) is 0.222. The molecule has 0 aliphatic carbocycles. The molecule has 1 aliphatic heterocycles. The van der Waals surface area contributed by atoms with Crippen LogP contribution in [0.1, 0.15) is 78.1 Å². The standard InChI is InChI=1S/C19H39N3O/c1-3-5-7-9-10-12-15-22-16-14-20-17-18(22)19(23)21-13-11-8-6-4-2/h18,20H,3-17H2,1-2H3,(H,21,23). The smallest absolute Gasteiger partial charge is 0.238 e. The van der Waals surface area contributed by atoms with Crippen LogP contribution >= 0.6 is 0 Å². The molecule has 0 aromatic rings. The van der Waals surface area contributed by atoms with E-state index in [1.807, 2.05) is 0 Å². The van der Waals surface area contributed by atoms with Crippen molar-refractivity contribution in [1.29, 1.82) is 0 Å². The van der Waals surface area contributed by atoms with Crippen LogP contribution in [0.3, 0.4) is 0 Å². The second-order valence-electron chi connectivity index (χ2n) is 6.88. The Bertz CT molecular complexity index is 296. The summed E-state index contributed by atoms with van der Waals surface area (Å²) in [6.07, 6.45) is 12.7. The lowest BCUT2D eigenvalue weighted by atomic mass is 10.1. The third kappa shape index (κ3) is 9.31. The molecule has 0 aromatic carbocycles. The number of nitrogens with zero attached hydrogens (tertiary/aromatic N) is 1. The van der Waals surface area contributed by atoms with Crippen molar-refractivity contribution in [3.8, 4) is 0 Å². The van der Waals surface area contributed by atoms with Gasteiger partial charge in [-0.2, -0.15) is 0 Å². The van der Waals surface area contributed by atoms with Crippen LogP contribution in [-0.2, 0) is 4.79 Å². The highest BCUT2D eigenvalue weighted by molar-refractivity contribution is 5.82. The molecule has 23 heavy (non-hydrogen) atoms. The topological polar surface area (TPSA) is 44.4 Å². The van der Waals surface area contributed by atoms with E-state index in [1.165, 1.54) is 57.8 Å². The van der Waals surface area contributed by atoms with Gasteiger partial charge in [-0.15, -0.1) is 0 Å². The summed E-state index contributed by atoms with van der Waals surface area (Å²) < 4.78 is 0. The van der Waals surface area contributed by atoms with E-state index in [9.17, 15) is 4.79 Å². The van der Waals surface area contributed by atoms with E-state index in [0.29, 0.717) is 0 Å². The Balaban J connectivity index is 2.20. The number of rotatable bonds is 13. The van der Waals surface area contributed by atoms with Crippen molar-refractivity contribution in [2.45, 2.75) is 84.1 Å². The van der Waals surface area contributed by atoms with E-state index < -0.39 is 0 Å². The zero-order chi connectivity index (χ0) is 16.8. The first-order valence-electron chi connectivity index (χ1n) is 10.0. The van der Waals surface area contributed by atoms with Crippen LogP contribution in [0.15, 0.2) is 0 Å². The normalized spacial score (nSPS) is 19.0. The molecule has 2 N–H and O–H groups in total. The van der Waals surface area contributed by atoms with Gasteiger partial charge in [-0.3, -0.25) is 9.69 Å². The van der Waals surface area contributed by atoms with E-state index in [0.717, 1.165) is 39.1 Å². The van der Waals surface area contributed by atoms with Gasteiger partial charge < -0.3 is 10.6 Å². The van der Waals surface area contributed by atoms with Gasteiger partial charge in [0.1, 0.15) is 6.04 Å². The molecule has 4 heteroatoms. The predicted octanol–water partition coefficient (Wildman–Crippen LogP) is 3.32. The number of hydrogen-bond donors (Lipinski definition) is 2. The fraction of sp³-hybridized carbons (Fsp3) is 0.947. The Kier molecular flexibility index (Phi) is 12.3. The molecule has 1 amide bonds. The molecular weight excluding hydrogens is 286 g/mol. The van der Waals surface area contributed by atoms with Crippen LogP contribution in [0.2, 0.25) is 0 Å². The number of piperazine rings is 1. The maximum Gasteiger partial charge on any atom is 0.238 e. The predicted molar refractivity (Wildman–Crippen MR) is 98.8 cm³/mol. The van der Waals surface area contributed by atoms with Crippen molar-refractivity contribution in [2.75, 3.05) is 32.7 Å². The highest BCUT2D eigenvalue weighted by atomic mass is 16.2. The van der Waals surface area contributed by atoms with Gasteiger partial charge in [0.25, 0.3) is 0 Å². The Hall–Kier alpha value is -0.610. The molecule has 1 rings (SSSR count). The zero-order valence-corrected chi connectivity index (χ0v) is 15.5. The molecule has 1 saturated heterocycles. The van der Waals surface area contributed by atoms with Crippen molar-refractivity contribution in [3.05, 3.63) is 0 Å².